The van der Waals surface area contributed by atoms with Crippen LogP contribution in [0.15, 0.2) is 17.6 Å². The van der Waals surface area contributed by atoms with E-state index in [1.54, 1.807) is 18.0 Å². The van der Waals surface area contributed by atoms with Crippen molar-refractivity contribution in [3.63, 3.8) is 0 Å². The van der Waals surface area contributed by atoms with Crippen LogP contribution in [0.3, 0.4) is 0 Å². The lowest BCUT2D eigenvalue weighted by Gasteiger charge is -2.39. The monoisotopic (exact) mass is 367 g/mol. The standard InChI is InChI=1S/C16H25N5O5/c1-3-6-26-10-11(22)9-21-12-13(19(2)16(24)18-14(12)23)17-15(21)20-4-7-25-8-5-20/h3,11-13,22H,1,4-10H2,2H3,(H,18,23,24). The molecule has 0 aromatic heterocycles. The van der Waals surface area contributed by atoms with Gasteiger partial charge in [0.15, 0.2) is 18.2 Å². The summed E-state index contributed by atoms with van der Waals surface area (Å²) in [4.78, 5) is 34.2. The van der Waals surface area contributed by atoms with Gasteiger partial charge in [0, 0.05) is 26.7 Å². The van der Waals surface area contributed by atoms with Gasteiger partial charge in [-0.3, -0.25) is 10.1 Å². The minimum atomic E-state index is -0.810. The van der Waals surface area contributed by atoms with Crippen molar-refractivity contribution in [2.75, 3.05) is 53.1 Å². The maximum atomic E-state index is 12.5. The molecule has 0 spiro atoms. The molecule has 144 valence electrons. The molecule has 3 amide bonds. The smallest absolute Gasteiger partial charge is 0.325 e. The van der Waals surface area contributed by atoms with Gasteiger partial charge in [-0.2, -0.15) is 0 Å². The van der Waals surface area contributed by atoms with E-state index in [1.807, 2.05) is 4.90 Å². The highest BCUT2D eigenvalue weighted by Gasteiger charge is 2.50. The lowest BCUT2D eigenvalue weighted by atomic mass is 10.1. The number of carbonyl (C=O) groups excluding carboxylic acids is 2. The van der Waals surface area contributed by atoms with E-state index in [0.29, 0.717) is 38.9 Å². The number of ether oxygens (including phenoxy) is 2. The van der Waals surface area contributed by atoms with Crippen molar-refractivity contribution >= 4 is 17.9 Å². The Labute approximate surface area is 152 Å². The van der Waals surface area contributed by atoms with Crippen LogP contribution in [-0.4, -0.2) is 109 Å². The first-order valence-corrected chi connectivity index (χ1v) is 8.64. The second-order valence-corrected chi connectivity index (χ2v) is 6.42. The molecular formula is C16H25N5O5. The second kappa shape index (κ2) is 8.02. The van der Waals surface area contributed by atoms with Crippen molar-refractivity contribution in [3.05, 3.63) is 12.7 Å². The summed E-state index contributed by atoms with van der Waals surface area (Å²) in [5.74, 6) is 0.187. The molecule has 0 aromatic rings. The van der Waals surface area contributed by atoms with Gasteiger partial charge in [0.2, 0.25) is 0 Å². The lowest BCUT2D eigenvalue weighted by Crippen LogP contribution is -2.65. The molecule has 10 nitrogen and oxygen atoms in total. The molecule has 2 saturated heterocycles. The van der Waals surface area contributed by atoms with Crippen LogP contribution in [0.4, 0.5) is 4.79 Å². The van der Waals surface area contributed by atoms with Gasteiger partial charge in [-0.1, -0.05) is 6.08 Å². The fourth-order valence-electron chi connectivity index (χ4n) is 3.30. The number of likely N-dealkylation sites (N-methyl/N-ethyl adjacent to an activating group) is 1. The molecule has 0 saturated carbocycles. The highest BCUT2D eigenvalue weighted by atomic mass is 16.5. The number of amides is 3. The van der Waals surface area contributed by atoms with Crippen molar-refractivity contribution in [2.45, 2.75) is 18.3 Å². The number of hydrogen-bond donors (Lipinski definition) is 2. The summed E-state index contributed by atoms with van der Waals surface area (Å²) in [6.45, 7) is 6.59. The Morgan fingerprint density at radius 2 is 2.19 bits per heavy atom. The van der Waals surface area contributed by atoms with E-state index in [-0.39, 0.29) is 13.2 Å². The number of hydrogen-bond acceptors (Lipinski definition) is 8. The average Bonchev–Trinajstić information content (AvgIpc) is 3.00. The molecule has 3 heterocycles. The molecule has 3 aliphatic heterocycles. The topological polar surface area (TPSA) is 107 Å². The first kappa shape index (κ1) is 18.6. The van der Waals surface area contributed by atoms with E-state index >= 15 is 0 Å². The molecule has 0 bridgehead atoms. The summed E-state index contributed by atoms with van der Waals surface area (Å²) in [6.07, 6.45) is 0.181. The van der Waals surface area contributed by atoms with Crippen LogP contribution in [0.25, 0.3) is 0 Å². The highest BCUT2D eigenvalue weighted by molar-refractivity contribution is 6.03. The van der Waals surface area contributed by atoms with Crippen LogP contribution in [0.5, 0.6) is 0 Å². The average molecular weight is 367 g/mol. The van der Waals surface area contributed by atoms with Crippen LogP contribution in [0.2, 0.25) is 0 Å². The number of nitrogens with zero attached hydrogens (tertiary/aromatic N) is 4. The zero-order valence-electron chi connectivity index (χ0n) is 14.8. The zero-order valence-corrected chi connectivity index (χ0v) is 14.8. The molecule has 10 heteroatoms. The van der Waals surface area contributed by atoms with E-state index in [0.717, 1.165) is 0 Å². The van der Waals surface area contributed by atoms with Gasteiger partial charge in [0.05, 0.1) is 32.5 Å². The summed E-state index contributed by atoms with van der Waals surface area (Å²) in [7, 11) is 1.60. The summed E-state index contributed by atoms with van der Waals surface area (Å²) in [5, 5.41) is 12.7. The Hall–Kier alpha value is -2.17. The number of carbonyl (C=O) groups is 2. The molecule has 3 aliphatic rings. The Bertz CT molecular complexity index is 592. The number of imide groups is 1. The van der Waals surface area contributed by atoms with Gasteiger partial charge >= 0.3 is 6.03 Å². The van der Waals surface area contributed by atoms with Crippen molar-refractivity contribution in [1.29, 1.82) is 0 Å². The molecule has 2 fully saturated rings. The third-order valence-corrected chi connectivity index (χ3v) is 4.59. The number of β-amino-alcohol motifs (C(OH)–C–C–N with tert-alkyl or cyclic N) is 1. The molecule has 3 atom stereocenters. The summed E-state index contributed by atoms with van der Waals surface area (Å²) in [5.41, 5.74) is 0. The van der Waals surface area contributed by atoms with Gasteiger partial charge in [-0.15, -0.1) is 6.58 Å². The van der Waals surface area contributed by atoms with Crippen molar-refractivity contribution in [1.82, 2.24) is 20.0 Å². The number of urea groups is 1. The number of aliphatic hydroxyl groups excluding tert-OH is 1. The molecule has 26 heavy (non-hydrogen) atoms. The quantitative estimate of drug-likeness (QED) is 0.431. The molecule has 3 unspecified atom stereocenters. The first-order chi connectivity index (χ1) is 12.5. The zero-order chi connectivity index (χ0) is 18.7. The normalized spacial score (nSPS) is 27.2. The summed E-state index contributed by atoms with van der Waals surface area (Å²) < 4.78 is 10.7. The number of aliphatic hydroxyl groups is 1. The Kier molecular flexibility index (Phi) is 5.74. The van der Waals surface area contributed by atoms with Gasteiger partial charge in [-0.05, 0) is 0 Å². The van der Waals surface area contributed by atoms with E-state index in [1.165, 1.54) is 4.90 Å². The SMILES string of the molecule is C=CCOCC(O)CN1C(N2CCOCC2)=NC2C1C(=O)NC(=O)N2C. The fraction of sp³-hybridized carbons (Fsp3) is 0.688. The lowest BCUT2D eigenvalue weighted by molar-refractivity contribution is -0.127. The second-order valence-electron chi connectivity index (χ2n) is 6.42. The maximum Gasteiger partial charge on any atom is 0.325 e. The molecular weight excluding hydrogens is 342 g/mol. The minimum absolute atomic E-state index is 0.118. The van der Waals surface area contributed by atoms with Gasteiger partial charge in [0.25, 0.3) is 5.91 Å². The number of guanidine groups is 1. The van der Waals surface area contributed by atoms with Crippen molar-refractivity contribution < 1.29 is 24.2 Å². The summed E-state index contributed by atoms with van der Waals surface area (Å²) in [6, 6.07) is -1.15. The van der Waals surface area contributed by atoms with Crippen LogP contribution in [0, 0.1) is 0 Å². The van der Waals surface area contributed by atoms with Gasteiger partial charge < -0.3 is 29.3 Å². The largest absolute Gasteiger partial charge is 0.389 e. The molecule has 2 N–H and O–H groups in total. The molecule has 0 radical (unpaired) electrons. The molecule has 3 rings (SSSR count). The van der Waals surface area contributed by atoms with Gasteiger partial charge in [0.1, 0.15) is 0 Å². The number of aliphatic imine (C=N–C) groups is 1. The van der Waals surface area contributed by atoms with Crippen molar-refractivity contribution in [2.24, 2.45) is 4.99 Å². The van der Waals surface area contributed by atoms with E-state index < -0.39 is 30.2 Å². The first-order valence-electron chi connectivity index (χ1n) is 8.64. The Morgan fingerprint density at radius 3 is 2.88 bits per heavy atom. The predicted octanol–water partition coefficient (Wildman–Crippen LogP) is -1.57. The minimum Gasteiger partial charge on any atom is -0.389 e. The maximum absolute atomic E-state index is 12.5. The van der Waals surface area contributed by atoms with Crippen molar-refractivity contribution in [3.8, 4) is 0 Å². The van der Waals surface area contributed by atoms with Crippen LogP contribution in [-0.2, 0) is 14.3 Å². The number of nitrogens with one attached hydrogen (secondary N) is 1. The molecule has 0 aliphatic carbocycles. The predicted molar refractivity (Wildman–Crippen MR) is 92.4 cm³/mol. The third-order valence-electron chi connectivity index (χ3n) is 4.59. The molecule has 0 aromatic carbocycles. The van der Waals surface area contributed by atoms with Crippen LogP contribution < -0.4 is 5.32 Å². The Balaban J connectivity index is 1.79. The number of rotatable bonds is 6. The van der Waals surface area contributed by atoms with E-state index in [9.17, 15) is 14.7 Å². The highest BCUT2D eigenvalue weighted by Crippen LogP contribution is 2.26. The Morgan fingerprint density at radius 1 is 1.46 bits per heavy atom. The van der Waals surface area contributed by atoms with Crippen LogP contribution in [0.1, 0.15) is 0 Å². The van der Waals surface area contributed by atoms with E-state index in [4.69, 9.17) is 9.47 Å². The number of fused-ring (bicyclic) bond motifs is 1. The van der Waals surface area contributed by atoms with Gasteiger partial charge in [-0.25, -0.2) is 9.79 Å². The number of morpholine rings is 1. The summed E-state index contributed by atoms with van der Waals surface area (Å²) >= 11 is 0. The van der Waals surface area contributed by atoms with Crippen LogP contribution >= 0.6 is 0 Å². The van der Waals surface area contributed by atoms with E-state index in [2.05, 4.69) is 16.9 Å². The third kappa shape index (κ3) is 3.67. The fourth-order valence-corrected chi connectivity index (χ4v) is 3.30.